The van der Waals surface area contributed by atoms with Crippen LogP contribution < -0.4 is 25.6 Å². The van der Waals surface area contributed by atoms with E-state index in [9.17, 15) is 28.9 Å². The van der Waals surface area contributed by atoms with Crippen molar-refractivity contribution in [1.29, 1.82) is 5.41 Å². The zero-order valence-electron chi connectivity index (χ0n) is 50.8. The van der Waals surface area contributed by atoms with Gasteiger partial charge in [-0.2, -0.15) is 0 Å². The van der Waals surface area contributed by atoms with E-state index in [4.69, 9.17) is 29.1 Å². The minimum absolute atomic E-state index is 0.0406. The average Bonchev–Trinajstić information content (AvgIpc) is 2.24. The number of nitroso groups, excluding NO2 is 1. The predicted octanol–water partition coefficient (Wildman–Crippen LogP) is 11.3. The molecule has 0 aliphatic carbocycles. The van der Waals surface area contributed by atoms with Gasteiger partial charge in [-0.05, 0) is 167 Å². The number of allylic oxidation sites excluding steroid dienone is 4. The number of carbonyl (C=O) groups excluding carboxylic acids is 5. The standard InChI is InChI=1S/C66H88N8O11/c1-9-20-48-36-54(14-6)72(42-48)64(77)55-38-50(12-4)52(35-45(55)7)22-16-19-31-84-59-40-57-56(39-51(59)13-5)65(78)73-43-49(21-10-2)37-58(73)62(71-80)74(57)66(79)85-44-47-23-25-53(26-24-47)70-63(76)46(8)69-60(67)41-68-61(75)27-32-83-34-33-82-30-18-15-17-29-81-28-11-3/h9-10,14,20-21,23-26,35,38-40,42-43,46,54,58,62H,6,11-13,15-19,22,27-34,36-37,41,44H2,1-5,7-8H3,(H2,67,69)(H,68,75)(H,70,76)/b20-9+,21-10+/t46?,54?,58-,62?/m1/s1. The summed E-state index contributed by atoms with van der Waals surface area (Å²) >= 11 is 0. The smallest absolute Gasteiger partial charge is 0.416 e. The van der Waals surface area contributed by atoms with Gasteiger partial charge in [-0.15, -0.1) is 11.5 Å². The molecular weight excluding hydrogens is 1080 g/mol. The van der Waals surface area contributed by atoms with Crippen LogP contribution in [0.5, 0.6) is 5.75 Å². The van der Waals surface area contributed by atoms with Gasteiger partial charge in [0.2, 0.25) is 11.8 Å². The highest BCUT2D eigenvalue weighted by atomic mass is 16.6. The Morgan fingerprint density at radius 1 is 0.812 bits per heavy atom. The summed E-state index contributed by atoms with van der Waals surface area (Å²) in [5.41, 5.74) is 7.89. The molecule has 0 saturated heterocycles. The molecule has 3 aliphatic heterocycles. The normalized spacial score (nSPS) is 16.8. The van der Waals surface area contributed by atoms with Crippen molar-refractivity contribution in [3.05, 3.63) is 153 Å². The Labute approximate surface area is 501 Å². The van der Waals surface area contributed by atoms with Gasteiger partial charge in [0.05, 0.1) is 56.3 Å². The molecule has 0 radical (unpaired) electrons. The molecule has 85 heavy (non-hydrogen) atoms. The minimum Gasteiger partial charge on any atom is -0.493 e. The number of amides is 5. The summed E-state index contributed by atoms with van der Waals surface area (Å²) in [5.74, 6) is -0.727. The van der Waals surface area contributed by atoms with E-state index in [1.165, 1.54) is 15.4 Å². The largest absolute Gasteiger partial charge is 0.493 e. The third-order valence-corrected chi connectivity index (χ3v) is 15.0. The van der Waals surface area contributed by atoms with Crippen LogP contribution in [-0.4, -0.2) is 122 Å². The molecule has 3 unspecified atom stereocenters. The number of fused-ring (bicyclic) bond motifs is 2. The molecule has 0 aromatic heterocycles. The van der Waals surface area contributed by atoms with Gasteiger partial charge in [0.25, 0.3) is 11.8 Å². The van der Waals surface area contributed by atoms with Crippen molar-refractivity contribution in [1.82, 2.24) is 20.4 Å². The lowest BCUT2D eigenvalue weighted by atomic mass is 9.93. The van der Waals surface area contributed by atoms with Crippen molar-refractivity contribution >= 4 is 46.9 Å². The Balaban J connectivity index is 1.02. The first-order valence-electron chi connectivity index (χ1n) is 30.1. The number of ether oxygens (including phenoxy) is 5. The highest BCUT2D eigenvalue weighted by Crippen LogP contribution is 2.41. The first-order valence-corrected chi connectivity index (χ1v) is 30.1. The number of unbranched alkanes of at least 4 members (excludes halogenated alkanes) is 3. The summed E-state index contributed by atoms with van der Waals surface area (Å²) in [6, 6.07) is 12.4. The fourth-order valence-electron chi connectivity index (χ4n) is 10.5. The maximum Gasteiger partial charge on any atom is 0.416 e. The molecular formula is C66H88N8O11. The minimum atomic E-state index is -1.36. The lowest BCUT2D eigenvalue weighted by Crippen LogP contribution is -2.49. The Morgan fingerprint density at radius 3 is 2.16 bits per heavy atom. The lowest BCUT2D eigenvalue weighted by molar-refractivity contribution is -0.122. The molecule has 3 heterocycles. The van der Waals surface area contributed by atoms with Crippen LogP contribution in [0.1, 0.15) is 148 Å². The number of carbonyl (C=O) groups is 5. The fraction of sp³-hybridized carbons (Fsp3) is 0.485. The quantitative estimate of drug-likeness (QED) is 0.0144. The molecule has 4 N–H and O–H groups in total. The van der Waals surface area contributed by atoms with Crippen LogP contribution in [0.3, 0.4) is 0 Å². The van der Waals surface area contributed by atoms with Gasteiger partial charge in [0.1, 0.15) is 24.2 Å². The summed E-state index contributed by atoms with van der Waals surface area (Å²) in [4.78, 5) is 85.8. The van der Waals surface area contributed by atoms with E-state index >= 15 is 0 Å². The number of anilines is 2. The summed E-state index contributed by atoms with van der Waals surface area (Å²) in [6.07, 6.45) is 19.6. The van der Waals surface area contributed by atoms with Crippen LogP contribution in [0.25, 0.3) is 0 Å². The van der Waals surface area contributed by atoms with Gasteiger partial charge in [0, 0.05) is 56.0 Å². The Bertz CT molecular complexity index is 2930. The first kappa shape index (κ1) is 66.4. The van der Waals surface area contributed by atoms with Crippen LogP contribution in [0.2, 0.25) is 0 Å². The van der Waals surface area contributed by atoms with Gasteiger partial charge >= 0.3 is 6.09 Å². The first-order chi connectivity index (χ1) is 41.2. The maximum absolute atomic E-state index is 14.5. The van der Waals surface area contributed by atoms with E-state index in [0.29, 0.717) is 61.8 Å². The second kappa shape index (κ2) is 34.3. The average molecular weight is 1170 g/mol. The highest BCUT2D eigenvalue weighted by molar-refractivity contribution is 6.06. The second-order valence-corrected chi connectivity index (χ2v) is 21.4. The van der Waals surface area contributed by atoms with Crippen molar-refractivity contribution in [2.45, 2.75) is 156 Å². The number of hydrogen-bond acceptors (Lipinski definition) is 13. The third kappa shape index (κ3) is 18.9. The molecule has 0 spiro atoms. The Morgan fingerprint density at radius 2 is 1.49 bits per heavy atom. The number of rotatable bonds is 34. The van der Waals surface area contributed by atoms with Gasteiger partial charge in [-0.1, -0.05) is 69.4 Å². The molecule has 458 valence electrons. The van der Waals surface area contributed by atoms with Crippen LogP contribution in [0.4, 0.5) is 16.2 Å². The maximum atomic E-state index is 14.5. The molecule has 0 fully saturated rings. The van der Waals surface area contributed by atoms with Gasteiger partial charge in [-0.25, -0.2) is 9.69 Å². The molecule has 0 saturated carbocycles. The SMILES string of the molecule is C=CC1CC(/C=C/C)=CN1C(=O)c1cc(CC)c(CCCCOc2cc3c(cc2CC)C(=O)N2C=C(/C=C/C)C[C@@H]2C(N=O)N3C(=O)OCc2ccc(NC(=O)C(C)NC(=N)CNC(=O)CCOCCOCCCCCOCCC)cc2)cc1C. The third-order valence-electron chi connectivity index (χ3n) is 15.0. The van der Waals surface area contributed by atoms with E-state index in [2.05, 4.69) is 47.6 Å². The van der Waals surface area contributed by atoms with E-state index in [1.807, 2.05) is 70.3 Å². The zero-order valence-corrected chi connectivity index (χ0v) is 50.8. The zero-order chi connectivity index (χ0) is 61.3. The monoisotopic (exact) mass is 1170 g/mol. The highest BCUT2D eigenvalue weighted by Gasteiger charge is 2.47. The van der Waals surface area contributed by atoms with Crippen LogP contribution in [0.15, 0.2) is 114 Å². The van der Waals surface area contributed by atoms with Crippen LogP contribution >= 0.6 is 0 Å². The van der Waals surface area contributed by atoms with Crippen molar-refractivity contribution < 1.29 is 47.7 Å². The number of nitrogens with one attached hydrogen (secondary N) is 4. The number of benzene rings is 3. The molecule has 3 aromatic rings. The lowest BCUT2D eigenvalue weighted by Gasteiger charge is -2.30. The molecule has 0 bridgehead atoms. The van der Waals surface area contributed by atoms with Crippen molar-refractivity contribution in [2.24, 2.45) is 5.18 Å². The van der Waals surface area contributed by atoms with Crippen molar-refractivity contribution in [3.8, 4) is 5.75 Å². The van der Waals surface area contributed by atoms with E-state index in [1.54, 1.807) is 54.4 Å². The molecule has 19 nitrogen and oxygen atoms in total. The van der Waals surface area contributed by atoms with Crippen molar-refractivity contribution in [3.63, 3.8) is 0 Å². The number of hydrogen-bond donors (Lipinski definition) is 4. The molecule has 6 rings (SSSR count). The molecule has 5 amide bonds. The van der Waals surface area contributed by atoms with Crippen LogP contribution in [-0.2, 0) is 54.4 Å². The number of nitrogens with zero attached hydrogens (tertiary/aromatic N) is 4. The summed E-state index contributed by atoms with van der Waals surface area (Å²) in [7, 11) is 0. The van der Waals surface area contributed by atoms with E-state index in [-0.39, 0.29) is 73.5 Å². The number of amidine groups is 1. The van der Waals surface area contributed by atoms with Crippen molar-refractivity contribution in [2.75, 3.05) is 63.0 Å². The van der Waals surface area contributed by atoms with Crippen LogP contribution in [0, 0.1) is 17.2 Å². The topological polar surface area (TPSA) is 231 Å². The predicted molar refractivity (Wildman–Crippen MR) is 332 cm³/mol. The fourth-order valence-corrected chi connectivity index (χ4v) is 10.5. The summed E-state index contributed by atoms with van der Waals surface area (Å²) < 4.78 is 29.0. The Hall–Kier alpha value is -7.74. The molecule has 3 aromatic carbocycles. The van der Waals surface area contributed by atoms with E-state index < -0.39 is 30.2 Å². The second-order valence-electron chi connectivity index (χ2n) is 21.4. The summed E-state index contributed by atoms with van der Waals surface area (Å²) in [6.45, 7) is 20.8. The molecule has 19 heteroatoms. The Kier molecular flexibility index (Phi) is 26.8. The summed E-state index contributed by atoms with van der Waals surface area (Å²) in [5, 5.41) is 20.0. The number of aryl methyl sites for hydroxylation is 4. The van der Waals surface area contributed by atoms with Gasteiger partial charge in [0.15, 0.2) is 6.17 Å². The molecule has 4 atom stereocenters. The molecule has 3 aliphatic rings. The van der Waals surface area contributed by atoms with Gasteiger partial charge in [-0.3, -0.25) is 24.6 Å². The van der Waals surface area contributed by atoms with Gasteiger partial charge < -0.3 is 49.4 Å². The van der Waals surface area contributed by atoms with E-state index in [0.717, 1.165) is 92.4 Å².